The minimum Gasteiger partial charge on any atom is -0.343 e. The van der Waals surface area contributed by atoms with Gasteiger partial charge in [0.1, 0.15) is 0 Å². The summed E-state index contributed by atoms with van der Waals surface area (Å²) in [6, 6.07) is 15.7. The van der Waals surface area contributed by atoms with Gasteiger partial charge in [-0.2, -0.15) is 0 Å². The summed E-state index contributed by atoms with van der Waals surface area (Å²) in [4.78, 5) is 0. The summed E-state index contributed by atoms with van der Waals surface area (Å²) in [6.07, 6.45) is 8.02. The highest BCUT2D eigenvalue weighted by Crippen LogP contribution is 2.52. The average molecular weight is 297 g/mol. The van der Waals surface area contributed by atoms with Crippen LogP contribution in [0.1, 0.15) is 29.0 Å². The Morgan fingerprint density at radius 3 is 2.78 bits per heavy atom. The van der Waals surface area contributed by atoms with Gasteiger partial charge in [-0.3, -0.25) is 0 Å². The molecular formula is C22H19N. The molecule has 0 saturated heterocycles. The third-order valence-electron chi connectivity index (χ3n) is 5.34. The highest BCUT2D eigenvalue weighted by Gasteiger charge is 2.35. The van der Waals surface area contributed by atoms with Gasteiger partial charge < -0.3 is 4.57 Å². The van der Waals surface area contributed by atoms with Gasteiger partial charge in [0.05, 0.1) is 5.69 Å². The van der Waals surface area contributed by atoms with Gasteiger partial charge in [-0.15, -0.1) is 0 Å². The lowest BCUT2D eigenvalue weighted by atomic mass is 9.88. The Morgan fingerprint density at radius 2 is 1.96 bits per heavy atom. The molecule has 23 heavy (non-hydrogen) atoms. The van der Waals surface area contributed by atoms with Gasteiger partial charge in [-0.1, -0.05) is 54.1 Å². The molecule has 1 unspecified atom stereocenters. The van der Waals surface area contributed by atoms with E-state index in [0.717, 1.165) is 6.42 Å². The third-order valence-corrected chi connectivity index (χ3v) is 5.34. The zero-order valence-electron chi connectivity index (χ0n) is 13.5. The van der Waals surface area contributed by atoms with Crippen molar-refractivity contribution in [2.75, 3.05) is 0 Å². The monoisotopic (exact) mass is 297 g/mol. The van der Waals surface area contributed by atoms with Crippen molar-refractivity contribution < 1.29 is 0 Å². The van der Waals surface area contributed by atoms with Crippen LogP contribution < -0.4 is 0 Å². The molecule has 1 atom stereocenters. The molecule has 0 bridgehead atoms. The Bertz CT molecular complexity index is 1010. The van der Waals surface area contributed by atoms with Gasteiger partial charge >= 0.3 is 0 Å². The highest BCUT2D eigenvalue weighted by molar-refractivity contribution is 5.98. The number of aromatic nitrogens is 1. The molecule has 0 N–H and O–H groups in total. The molecule has 2 aromatic carbocycles. The number of fused-ring (bicyclic) bond motifs is 5. The number of aryl methyl sites for hydroxylation is 2. The van der Waals surface area contributed by atoms with E-state index < -0.39 is 0 Å². The molecule has 1 nitrogen and oxygen atoms in total. The van der Waals surface area contributed by atoms with E-state index >= 15 is 0 Å². The van der Waals surface area contributed by atoms with Gasteiger partial charge in [-0.05, 0) is 42.2 Å². The van der Waals surface area contributed by atoms with Gasteiger partial charge in [0.15, 0.2) is 0 Å². The molecule has 0 radical (unpaired) electrons. The zero-order chi connectivity index (χ0) is 15.6. The predicted molar refractivity (Wildman–Crippen MR) is 96.8 cm³/mol. The fraction of sp³-hybridized carbons (Fsp3) is 0.182. The molecule has 0 spiro atoms. The maximum Gasteiger partial charge on any atom is 0.0534 e. The normalized spacial score (nSPS) is 18.3. The minimum absolute atomic E-state index is 0.380. The van der Waals surface area contributed by atoms with Crippen LogP contribution in [0.4, 0.5) is 0 Å². The summed E-state index contributed by atoms with van der Waals surface area (Å²) >= 11 is 0. The first-order valence-corrected chi connectivity index (χ1v) is 8.30. The van der Waals surface area contributed by atoms with Crippen molar-refractivity contribution in [2.24, 2.45) is 7.05 Å². The summed E-state index contributed by atoms with van der Waals surface area (Å²) in [5, 5.41) is 1.41. The summed E-state index contributed by atoms with van der Waals surface area (Å²) in [5.74, 6) is 0.380. The maximum absolute atomic E-state index is 2.38. The van der Waals surface area contributed by atoms with E-state index in [4.69, 9.17) is 0 Å². The highest BCUT2D eigenvalue weighted by atomic mass is 15.0. The fourth-order valence-electron chi connectivity index (χ4n) is 4.36. The summed E-state index contributed by atoms with van der Waals surface area (Å²) in [6.45, 7) is 2.19. The van der Waals surface area contributed by atoms with Crippen LogP contribution in [0, 0.1) is 6.92 Å². The topological polar surface area (TPSA) is 4.93 Å². The molecule has 3 aromatic rings. The van der Waals surface area contributed by atoms with Gasteiger partial charge in [0.2, 0.25) is 0 Å². The standard InChI is InChI=1S/C22H19N/c1-14-11-12-19-18(13-14)21-20(15-7-3-4-8-15)16-9-5-6-10-17(16)22(21)23(19)2/h3,5-13,20H,4H2,1-2H3. The van der Waals surface area contributed by atoms with E-state index in [9.17, 15) is 0 Å². The molecule has 0 fully saturated rings. The molecule has 0 saturated carbocycles. The molecule has 112 valence electrons. The first-order chi connectivity index (χ1) is 11.3. The average Bonchev–Trinajstić information content (AvgIpc) is 3.24. The van der Waals surface area contributed by atoms with Crippen molar-refractivity contribution in [3.05, 3.63) is 83.0 Å². The van der Waals surface area contributed by atoms with Crippen LogP contribution in [-0.4, -0.2) is 4.57 Å². The lowest BCUT2D eigenvalue weighted by molar-refractivity contribution is 0.971. The smallest absolute Gasteiger partial charge is 0.0534 e. The van der Waals surface area contributed by atoms with Crippen molar-refractivity contribution in [1.29, 1.82) is 0 Å². The van der Waals surface area contributed by atoms with Crippen LogP contribution >= 0.6 is 0 Å². The van der Waals surface area contributed by atoms with Crippen LogP contribution in [-0.2, 0) is 7.05 Å². The lowest BCUT2D eigenvalue weighted by Crippen LogP contribution is -1.98. The Kier molecular flexibility index (Phi) is 2.52. The minimum atomic E-state index is 0.380. The molecular weight excluding hydrogens is 278 g/mol. The van der Waals surface area contributed by atoms with E-state index in [0.29, 0.717) is 5.92 Å². The van der Waals surface area contributed by atoms with Crippen LogP contribution in [0.2, 0.25) is 0 Å². The SMILES string of the molecule is Cc1ccc2c(c1)c1c(n2C)-c2ccccc2C1C1=CCC=C1. The van der Waals surface area contributed by atoms with E-state index in [2.05, 4.69) is 79.2 Å². The predicted octanol–water partition coefficient (Wildman–Crippen LogP) is 5.49. The Labute approximate surface area is 136 Å². The summed E-state index contributed by atoms with van der Waals surface area (Å²) in [5.41, 5.74) is 9.85. The molecule has 5 rings (SSSR count). The fourth-order valence-corrected chi connectivity index (χ4v) is 4.36. The van der Waals surface area contributed by atoms with Crippen molar-refractivity contribution in [2.45, 2.75) is 19.3 Å². The Balaban J connectivity index is 1.93. The number of benzene rings is 2. The van der Waals surface area contributed by atoms with Crippen LogP contribution in [0.5, 0.6) is 0 Å². The molecule has 0 amide bonds. The summed E-state index contributed by atoms with van der Waals surface area (Å²) < 4.78 is 2.38. The van der Waals surface area contributed by atoms with Gasteiger partial charge in [-0.25, -0.2) is 0 Å². The zero-order valence-corrected chi connectivity index (χ0v) is 13.5. The van der Waals surface area contributed by atoms with Crippen molar-refractivity contribution in [1.82, 2.24) is 4.57 Å². The molecule has 1 aromatic heterocycles. The Morgan fingerprint density at radius 1 is 1.09 bits per heavy atom. The molecule has 2 aliphatic carbocycles. The van der Waals surface area contributed by atoms with E-state index in [1.165, 1.54) is 44.4 Å². The largest absolute Gasteiger partial charge is 0.343 e. The number of hydrogen-bond acceptors (Lipinski definition) is 0. The second-order valence-electron chi connectivity index (χ2n) is 6.70. The Hall–Kier alpha value is -2.54. The lowest BCUT2D eigenvalue weighted by Gasteiger charge is -2.14. The number of rotatable bonds is 1. The third kappa shape index (κ3) is 1.62. The van der Waals surface area contributed by atoms with E-state index in [1.807, 2.05) is 0 Å². The van der Waals surface area contributed by atoms with Crippen LogP contribution in [0.3, 0.4) is 0 Å². The van der Waals surface area contributed by atoms with E-state index in [-0.39, 0.29) is 0 Å². The van der Waals surface area contributed by atoms with Crippen molar-refractivity contribution in [3.63, 3.8) is 0 Å². The van der Waals surface area contributed by atoms with E-state index in [1.54, 1.807) is 0 Å². The van der Waals surface area contributed by atoms with Gasteiger partial charge in [0.25, 0.3) is 0 Å². The molecule has 1 heterocycles. The second-order valence-corrected chi connectivity index (χ2v) is 6.70. The number of nitrogens with zero attached hydrogens (tertiary/aromatic N) is 1. The summed E-state index contributed by atoms with van der Waals surface area (Å²) in [7, 11) is 2.20. The van der Waals surface area contributed by atoms with Crippen molar-refractivity contribution in [3.8, 4) is 11.3 Å². The second kappa shape index (κ2) is 4.48. The number of hydrogen-bond donors (Lipinski definition) is 0. The molecule has 1 heteroatoms. The quantitative estimate of drug-likeness (QED) is 0.560. The number of allylic oxidation sites excluding steroid dienone is 4. The van der Waals surface area contributed by atoms with Crippen LogP contribution in [0.15, 0.2) is 66.3 Å². The maximum atomic E-state index is 2.38. The molecule has 0 aliphatic heterocycles. The van der Waals surface area contributed by atoms with Crippen molar-refractivity contribution >= 4 is 10.9 Å². The van der Waals surface area contributed by atoms with Gasteiger partial charge in [0, 0.05) is 29.4 Å². The first kappa shape index (κ1) is 13.0. The van der Waals surface area contributed by atoms with Crippen LogP contribution in [0.25, 0.3) is 22.2 Å². The first-order valence-electron chi connectivity index (χ1n) is 8.30. The molecule has 2 aliphatic rings.